The first-order valence-electron chi connectivity index (χ1n) is 9.63. The van der Waals surface area contributed by atoms with E-state index in [0.717, 1.165) is 11.1 Å². The highest BCUT2D eigenvalue weighted by atomic mass is 16.5. The van der Waals surface area contributed by atoms with E-state index >= 15 is 0 Å². The first-order chi connectivity index (χ1) is 14.7. The Labute approximate surface area is 172 Å². The predicted octanol–water partition coefficient (Wildman–Crippen LogP) is 3.01. The van der Waals surface area contributed by atoms with E-state index in [0.29, 0.717) is 60.2 Å². The molecule has 5 rings (SSSR count). The summed E-state index contributed by atoms with van der Waals surface area (Å²) in [6, 6.07) is 11.1. The summed E-state index contributed by atoms with van der Waals surface area (Å²) in [7, 11) is 0. The molecule has 0 spiro atoms. The number of carbonyl (C=O) groups is 1. The minimum Gasteiger partial charge on any atom is -0.436 e. The fraction of sp³-hybridized carbons (Fsp3) is 0.182. The van der Waals surface area contributed by atoms with Crippen LogP contribution in [0.3, 0.4) is 0 Å². The normalized spacial score (nSPS) is 14.2. The van der Waals surface area contributed by atoms with Gasteiger partial charge in [0.05, 0.1) is 25.0 Å². The van der Waals surface area contributed by atoms with Crippen molar-refractivity contribution >= 4 is 22.8 Å². The van der Waals surface area contributed by atoms with E-state index < -0.39 is 0 Å². The number of pyridine rings is 2. The molecule has 8 nitrogen and oxygen atoms in total. The molecule has 1 fully saturated rings. The summed E-state index contributed by atoms with van der Waals surface area (Å²) in [5.74, 6) is 0.738. The molecule has 1 saturated heterocycles. The third-order valence-electron chi connectivity index (χ3n) is 5.10. The van der Waals surface area contributed by atoms with Gasteiger partial charge in [-0.3, -0.25) is 9.78 Å². The number of nitrogen functional groups attached to an aromatic ring is 1. The zero-order valence-corrected chi connectivity index (χ0v) is 16.1. The molecule has 0 bridgehead atoms. The number of nitrogens with two attached hydrogens (primary N) is 1. The van der Waals surface area contributed by atoms with E-state index in [1.54, 1.807) is 24.7 Å². The molecule has 0 aliphatic carbocycles. The van der Waals surface area contributed by atoms with Crippen LogP contribution in [0.25, 0.3) is 33.7 Å². The maximum atomic E-state index is 12.6. The van der Waals surface area contributed by atoms with Crippen LogP contribution < -0.4 is 5.73 Å². The summed E-state index contributed by atoms with van der Waals surface area (Å²) >= 11 is 0. The van der Waals surface area contributed by atoms with Crippen LogP contribution in [0.15, 0.2) is 59.4 Å². The highest BCUT2D eigenvalue weighted by Crippen LogP contribution is 2.31. The van der Waals surface area contributed by atoms with Crippen LogP contribution in [0.5, 0.6) is 0 Å². The van der Waals surface area contributed by atoms with Crippen molar-refractivity contribution in [2.24, 2.45) is 0 Å². The molecule has 0 atom stereocenters. The molecule has 1 aromatic carbocycles. The third-order valence-corrected chi connectivity index (χ3v) is 5.10. The van der Waals surface area contributed by atoms with E-state index in [4.69, 9.17) is 14.9 Å². The lowest BCUT2D eigenvalue weighted by molar-refractivity contribution is 0.0303. The van der Waals surface area contributed by atoms with Gasteiger partial charge >= 0.3 is 0 Å². The fourth-order valence-electron chi connectivity index (χ4n) is 3.45. The van der Waals surface area contributed by atoms with Crippen molar-refractivity contribution in [3.05, 3.63) is 60.6 Å². The van der Waals surface area contributed by atoms with Gasteiger partial charge in [-0.2, -0.15) is 0 Å². The smallest absolute Gasteiger partial charge is 0.254 e. The molecule has 2 N–H and O–H groups in total. The lowest BCUT2D eigenvalue weighted by atomic mass is 10.0. The van der Waals surface area contributed by atoms with Crippen molar-refractivity contribution in [2.45, 2.75) is 0 Å². The van der Waals surface area contributed by atoms with Gasteiger partial charge in [-0.05, 0) is 23.8 Å². The van der Waals surface area contributed by atoms with Gasteiger partial charge in [-0.15, -0.1) is 0 Å². The van der Waals surface area contributed by atoms with Crippen molar-refractivity contribution in [1.82, 2.24) is 19.9 Å². The number of hydrogen-bond acceptors (Lipinski definition) is 7. The summed E-state index contributed by atoms with van der Waals surface area (Å²) in [5.41, 5.74) is 10.4. The zero-order valence-electron chi connectivity index (χ0n) is 16.1. The average molecular weight is 401 g/mol. The first kappa shape index (κ1) is 18.3. The number of aromatic nitrogens is 3. The molecule has 0 saturated carbocycles. The number of rotatable bonds is 3. The topological polar surface area (TPSA) is 107 Å². The zero-order chi connectivity index (χ0) is 20.5. The number of ether oxygens (including phenoxy) is 1. The number of morpholine rings is 1. The van der Waals surface area contributed by atoms with Crippen LogP contribution in [0.1, 0.15) is 10.4 Å². The van der Waals surface area contributed by atoms with E-state index in [1.165, 1.54) is 0 Å². The van der Waals surface area contributed by atoms with Crippen molar-refractivity contribution in [2.75, 3.05) is 32.0 Å². The maximum Gasteiger partial charge on any atom is 0.254 e. The molecule has 1 aliphatic rings. The molecule has 8 heteroatoms. The molecule has 150 valence electrons. The Balaban J connectivity index is 1.44. The highest BCUT2D eigenvalue weighted by Gasteiger charge is 2.19. The van der Waals surface area contributed by atoms with E-state index in [1.807, 2.05) is 35.2 Å². The fourth-order valence-corrected chi connectivity index (χ4v) is 3.45. The van der Waals surface area contributed by atoms with Gasteiger partial charge in [0.15, 0.2) is 5.58 Å². The summed E-state index contributed by atoms with van der Waals surface area (Å²) in [6.07, 6.45) is 4.98. The van der Waals surface area contributed by atoms with Gasteiger partial charge < -0.3 is 19.8 Å². The van der Waals surface area contributed by atoms with Gasteiger partial charge in [0.1, 0.15) is 11.3 Å². The van der Waals surface area contributed by atoms with Gasteiger partial charge in [-0.25, -0.2) is 9.97 Å². The summed E-state index contributed by atoms with van der Waals surface area (Å²) in [5, 5.41) is 0. The van der Waals surface area contributed by atoms with Crippen molar-refractivity contribution in [1.29, 1.82) is 0 Å². The Bertz CT molecular complexity index is 1180. The quantitative estimate of drug-likeness (QED) is 0.562. The van der Waals surface area contributed by atoms with Crippen LogP contribution in [0.2, 0.25) is 0 Å². The van der Waals surface area contributed by atoms with E-state index in [2.05, 4.69) is 15.0 Å². The van der Waals surface area contributed by atoms with Crippen LogP contribution in [0, 0.1) is 0 Å². The van der Waals surface area contributed by atoms with Crippen LogP contribution in [0.4, 0.5) is 5.82 Å². The number of carbonyl (C=O) groups excluding carboxylic acids is 1. The molecule has 30 heavy (non-hydrogen) atoms. The number of benzene rings is 1. The minimum absolute atomic E-state index is 0.0149. The molecule has 0 radical (unpaired) electrons. The Morgan fingerprint density at radius 3 is 2.60 bits per heavy atom. The minimum atomic E-state index is 0.0149. The number of fused-ring (bicyclic) bond motifs is 1. The largest absolute Gasteiger partial charge is 0.436 e. The second kappa shape index (κ2) is 7.57. The number of oxazole rings is 1. The SMILES string of the molecule is Nc1ncc(-c2ccc(C(=O)N3CCOCC3)cc2)cc1-c1nc2cnccc2o1. The molecule has 4 heterocycles. The van der Waals surface area contributed by atoms with Crippen molar-refractivity contribution < 1.29 is 13.9 Å². The monoisotopic (exact) mass is 401 g/mol. The molecular formula is C22H19N5O3. The lowest BCUT2D eigenvalue weighted by Gasteiger charge is -2.26. The second-order valence-electron chi connectivity index (χ2n) is 7.00. The van der Waals surface area contributed by atoms with E-state index in [-0.39, 0.29) is 5.91 Å². The molecule has 0 unspecified atom stereocenters. The first-order valence-corrected chi connectivity index (χ1v) is 9.63. The van der Waals surface area contributed by atoms with Gasteiger partial charge in [0, 0.05) is 42.7 Å². The van der Waals surface area contributed by atoms with Crippen LogP contribution in [-0.2, 0) is 4.74 Å². The van der Waals surface area contributed by atoms with Crippen LogP contribution >= 0.6 is 0 Å². The standard InChI is InChI=1S/C22H19N5O3/c23-20-17(21-26-18-13-24-6-5-19(18)30-21)11-16(12-25-20)14-1-3-15(4-2-14)22(28)27-7-9-29-10-8-27/h1-6,11-13H,7-10H2,(H2,23,25). The highest BCUT2D eigenvalue weighted by molar-refractivity contribution is 5.95. The lowest BCUT2D eigenvalue weighted by Crippen LogP contribution is -2.40. The Morgan fingerprint density at radius 1 is 1.03 bits per heavy atom. The van der Waals surface area contributed by atoms with E-state index in [9.17, 15) is 4.79 Å². The molecule has 4 aromatic rings. The Morgan fingerprint density at radius 2 is 1.83 bits per heavy atom. The number of anilines is 1. The van der Waals surface area contributed by atoms with Crippen molar-refractivity contribution in [3.63, 3.8) is 0 Å². The predicted molar refractivity (Wildman–Crippen MR) is 112 cm³/mol. The summed E-state index contributed by atoms with van der Waals surface area (Å²) in [6.45, 7) is 2.39. The number of nitrogens with zero attached hydrogens (tertiary/aromatic N) is 4. The molecule has 1 aliphatic heterocycles. The third kappa shape index (κ3) is 3.37. The van der Waals surface area contributed by atoms with Gasteiger partial charge in [0.2, 0.25) is 5.89 Å². The van der Waals surface area contributed by atoms with Crippen molar-refractivity contribution in [3.8, 4) is 22.6 Å². The summed E-state index contributed by atoms with van der Waals surface area (Å²) < 4.78 is 11.1. The Kier molecular flexibility index (Phi) is 4.61. The van der Waals surface area contributed by atoms with Gasteiger partial charge in [-0.1, -0.05) is 12.1 Å². The second-order valence-corrected chi connectivity index (χ2v) is 7.00. The molecular weight excluding hydrogens is 382 g/mol. The maximum absolute atomic E-state index is 12.6. The molecule has 1 amide bonds. The number of amides is 1. The van der Waals surface area contributed by atoms with Gasteiger partial charge in [0.25, 0.3) is 5.91 Å². The average Bonchev–Trinajstić information content (AvgIpc) is 3.24. The van der Waals surface area contributed by atoms with Crippen LogP contribution in [-0.4, -0.2) is 52.1 Å². The number of hydrogen-bond donors (Lipinski definition) is 1. The Hall–Kier alpha value is -3.78. The molecule has 3 aromatic heterocycles. The summed E-state index contributed by atoms with van der Waals surface area (Å²) in [4.78, 5) is 27.3.